The summed E-state index contributed by atoms with van der Waals surface area (Å²) in [5.74, 6) is -0.939. The standard InChI is InChI=1S/C18H34O3.C6H17N2/c1-2-3-4-11-14-17(19)15-12-9-7-5-6-8-10-13-16-18(20)21;1-8(2,3)6-4-5-7/h9,12,17,19H,2-8,10-11,13-16H2,1H3,(H,20,21);4-7H2,1-3H3/q;+1/p-1/b12-9-;. The van der Waals surface area contributed by atoms with E-state index >= 15 is 0 Å². The Bertz CT molecular complexity index is 379. The van der Waals surface area contributed by atoms with Gasteiger partial charge in [0, 0.05) is 12.4 Å². The van der Waals surface area contributed by atoms with Crippen molar-refractivity contribution in [1.29, 1.82) is 0 Å². The Morgan fingerprint density at radius 2 is 1.59 bits per heavy atom. The van der Waals surface area contributed by atoms with Gasteiger partial charge in [0.15, 0.2) is 0 Å². The molecule has 0 aliphatic heterocycles. The van der Waals surface area contributed by atoms with Crippen molar-refractivity contribution in [3.8, 4) is 0 Å². The van der Waals surface area contributed by atoms with Crippen molar-refractivity contribution >= 4 is 5.97 Å². The summed E-state index contributed by atoms with van der Waals surface area (Å²) >= 11 is 0. The van der Waals surface area contributed by atoms with E-state index in [0.29, 0.717) is 0 Å². The van der Waals surface area contributed by atoms with E-state index in [1.54, 1.807) is 0 Å². The fourth-order valence-electron chi connectivity index (χ4n) is 2.92. The number of rotatable bonds is 18. The highest BCUT2D eigenvalue weighted by atomic mass is 16.4. The number of carbonyl (C=O) groups excluding carboxylic acids is 1. The fourth-order valence-corrected chi connectivity index (χ4v) is 2.92. The van der Waals surface area contributed by atoms with E-state index < -0.39 is 5.97 Å². The highest BCUT2D eigenvalue weighted by Gasteiger charge is 2.03. The highest BCUT2D eigenvalue weighted by Crippen LogP contribution is 2.10. The zero-order chi connectivity index (χ0) is 22.4. The molecular weight excluding hydrogens is 364 g/mol. The van der Waals surface area contributed by atoms with Gasteiger partial charge >= 0.3 is 0 Å². The second kappa shape index (κ2) is 21.8. The summed E-state index contributed by atoms with van der Waals surface area (Å²) in [6.45, 7) is 4.19. The van der Waals surface area contributed by atoms with Crippen molar-refractivity contribution in [3.05, 3.63) is 12.2 Å². The second-order valence-corrected chi connectivity index (χ2v) is 9.04. The first-order chi connectivity index (χ1) is 13.7. The number of carboxylic acid groups (broad SMARTS) is 1. The molecule has 3 N–H and O–H groups in total. The van der Waals surface area contributed by atoms with Crippen LogP contribution in [0.25, 0.3) is 0 Å². The molecule has 0 saturated carbocycles. The first kappa shape index (κ1) is 30.3. The quantitative estimate of drug-likeness (QED) is 0.203. The van der Waals surface area contributed by atoms with E-state index in [0.717, 1.165) is 75.2 Å². The fraction of sp³-hybridized carbons (Fsp3) is 0.875. The Hall–Kier alpha value is -0.910. The number of aliphatic hydroxyl groups is 1. The molecule has 0 saturated heterocycles. The highest BCUT2D eigenvalue weighted by molar-refractivity contribution is 5.63. The molecular formula is C24H50N2O3. The first-order valence-electron chi connectivity index (χ1n) is 11.8. The lowest BCUT2D eigenvalue weighted by Gasteiger charge is -2.23. The Morgan fingerprint density at radius 3 is 2.14 bits per heavy atom. The largest absolute Gasteiger partial charge is 0.550 e. The molecule has 5 nitrogen and oxygen atoms in total. The van der Waals surface area contributed by atoms with Crippen LogP contribution in [0.2, 0.25) is 0 Å². The molecule has 0 aliphatic carbocycles. The molecule has 0 fully saturated rings. The first-order valence-corrected chi connectivity index (χ1v) is 11.8. The predicted molar refractivity (Wildman–Crippen MR) is 122 cm³/mol. The van der Waals surface area contributed by atoms with Crippen molar-refractivity contribution < 1.29 is 19.5 Å². The van der Waals surface area contributed by atoms with Gasteiger partial charge in [0.2, 0.25) is 0 Å². The average molecular weight is 415 g/mol. The molecule has 0 aromatic carbocycles. The maximum atomic E-state index is 10.2. The van der Waals surface area contributed by atoms with Crippen molar-refractivity contribution in [3.63, 3.8) is 0 Å². The number of allylic oxidation sites excluding steroid dienone is 1. The molecule has 1 atom stereocenters. The topological polar surface area (TPSA) is 86.4 Å². The molecule has 1 unspecified atom stereocenters. The molecule has 0 aliphatic rings. The molecule has 174 valence electrons. The van der Waals surface area contributed by atoms with Gasteiger partial charge in [0.1, 0.15) is 0 Å². The van der Waals surface area contributed by atoms with Crippen LogP contribution in [0.3, 0.4) is 0 Å². The zero-order valence-electron chi connectivity index (χ0n) is 19.8. The third-order valence-electron chi connectivity index (χ3n) is 4.75. The SMILES string of the molecule is CCCCCCC(O)C/C=C\CCCCCCCC(=O)[O-].C[N+](C)(C)CCCN. The molecule has 5 heteroatoms. The lowest BCUT2D eigenvalue weighted by molar-refractivity contribution is -0.870. The van der Waals surface area contributed by atoms with Crippen LogP contribution in [0.1, 0.15) is 96.8 Å². The number of unbranched alkanes of at least 4 members (excludes halogenated alkanes) is 8. The molecule has 0 bridgehead atoms. The summed E-state index contributed by atoms with van der Waals surface area (Å²) in [6.07, 6.45) is 18.1. The third-order valence-corrected chi connectivity index (χ3v) is 4.75. The Balaban J connectivity index is 0. The van der Waals surface area contributed by atoms with Crippen molar-refractivity contribution in [2.75, 3.05) is 34.2 Å². The minimum atomic E-state index is -0.939. The molecule has 0 amide bonds. The second-order valence-electron chi connectivity index (χ2n) is 9.04. The van der Waals surface area contributed by atoms with Gasteiger partial charge in [-0.3, -0.25) is 0 Å². The van der Waals surface area contributed by atoms with Gasteiger partial charge < -0.3 is 25.2 Å². The number of carboxylic acids is 1. The van der Waals surface area contributed by atoms with Crippen LogP contribution in [-0.4, -0.2) is 55.9 Å². The van der Waals surface area contributed by atoms with Crippen LogP contribution in [0, 0.1) is 0 Å². The Labute approximate surface area is 181 Å². The minimum Gasteiger partial charge on any atom is -0.550 e. The predicted octanol–water partition coefficient (Wildman–Crippen LogP) is 3.79. The van der Waals surface area contributed by atoms with Crippen LogP contribution < -0.4 is 10.8 Å². The van der Waals surface area contributed by atoms with Gasteiger partial charge in [-0.05, 0) is 45.1 Å². The van der Waals surface area contributed by atoms with Crippen molar-refractivity contribution in [2.45, 2.75) is 103 Å². The summed E-state index contributed by atoms with van der Waals surface area (Å²) in [6, 6.07) is 0. The Morgan fingerprint density at radius 1 is 0.966 bits per heavy atom. The van der Waals surface area contributed by atoms with Gasteiger partial charge in [-0.2, -0.15) is 0 Å². The van der Waals surface area contributed by atoms with Gasteiger partial charge in [-0.25, -0.2) is 0 Å². The van der Waals surface area contributed by atoms with Crippen LogP contribution >= 0.6 is 0 Å². The summed E-state index contributed by atoms with van der Waals surface area (Å²) in [5, 5.41) is 20.0. The van der Waals surface area contributed by atoms with Gasteiger partial charge in [-0.15, -0.1) is 0 Å². The lowest BCUT2D eigenvalue weighted by atomic mass is 10.1. The smallest absolute Gasteiger partial charge is 0.0792 e. The normalized spacial score (nSPS) is 12.6. The molecule has 29 heavy (non-hydrogen) atoms. The summed E-state index contributed by atoms with van der Waals surface area (Å²) < 4.78 is 1.02. The van der Waals surface area contributed by atoms with Crippen LogP contribution in [0.4, 0.5) is 0 Å². The number of aliphatic carboxylic acids is 1. The molecule has 0 spiro atoms. The molecule has 0 rings (SSSR count). The average Bonchev–Trinajstić information content (AvgIpc) is 2.64. The number of nitrogens with zero attached hydrogens (tertiary/aromatic N) is 1. The van der Waals surface area contributed by atoms with Gasteiger partial charge in [0.25, 0.3) is 0 Å². The van der Waals surface area contributed by atoms with E-state index in [1.807, 2.05) is 0 Å². The summed E-state index contributed by atoms with van der Waals surface area (Å²) in [7, 11) is 6.53. The van der Waals surface area contributed by atoms with Crippen LogP contribution in [0.5, 0.6) is 0 Å². The number of hydrogen-bond donors (Lipinski definition) is 2. The zero-order valence-corrected chi connectivity index (χ0v) is 19.8. The summed E-state index contributed by atoms with van der Waals surface area (Å²) in [4.78, 5) is 10.2. The van der Waals surface area contributed by atoms with E-state index in [1.165, 1.54) is 25.8 Å². The Kier molecular flexibility index (Phi) is 22.8. The van der Waals surface area contributed by atoms with E-state index in [4.69, 9.17) is 5.73 Å². The number of carbonyl (C=O) groups is 1. The van der Waals surface area contributed by atoms with Crippen molar-refractivity contribution in [2.24, 2.45) is 5.73 Å². The van der Waals surface area contributed by atoms with Gasteiger partial charge in [0.05, 0.1) is 33.8 Å². The van der Waals surface area contributed by atoms with Crippen LogP contribution in [0.15, 0.2) is 12.2 Å². The number of nitrogens with two attached hydrogens (primary N) is 1. The van der Waals surface area contributed by atoms with Crippen LogP contribution in [-0.2, 0) is 4.79 Å². The minimum absolute atomic E-state index is 0.178. The van der Waals surface area contributed by atoms with E-state index in [2.05, 4.69) is 40.2 Å². The molecule has 0 heterocycles. The van der Waals surface area contributed by atoms with E-state index in [-0.39, 0.29) is 12.5 Å². The lowest BCUT2D eigenvalue weighted by Crippen LogP contribution is -2.36. The maximum Gasteiger partial charge on any atom is 0.0792 e. The van der Waals surface area contributed by atoms with Crippen molar-refractivity contribution in [1.82, 2.24) is 0 Å². The van der Waals surface area contributed by atoms with E-state index in [9.17, 15) is 15.0 Å². The summed E-state index contributed by atoms with van der Waals surface area (Å²) in [5.41, 5.74) is 5.33. The molecule has 0 radical (unpaired) electrons. The number of quaternary nitrogens is 1. The number of aliphatic hydroxyl groups excluding tert-OH is 1. The molecule has 0 aromatic rings. The third kappa shape index (κ3) is 32.0. The van der Waals surface area contributed by atoms with Gasteiger partial charge in [-0.1, -0.05) is 64.0 Å². The maximum absolute atomic E-state index is 10.2. The monoisotopic (exact) mass is 414 g/mol. The number of hydrogen-bond acceptors (Lipinski definition) is 4. The molecule has 0 aromatic heterocycles.